The molecule has 4 bridgehead atoms. The monoisotopic (exact) mass is 432 g/mol. The van der Waals surface area contributed by atoms with Crippen molar-refractivity contribution in [2.24, 2.45) is 17.3 Å². The smallest absolute Gasteiger partial charge is 0.316 e. The summed E-state index contributed by atoms with van der Waals surface area (Å²) in [4.78, 5) is 29.1. The maximum atomic E-state index is 13.3. The first-order valence-electron chi connectivity index (χ1n) is 10.0. The van der Waals surface area contributed by atoms with Gasteiger partial charge < -0.3 is 15.2 Å². The first-order valence-corrected chi connectivity index (χ1v) is 11.8. The van der Waals surface area contributed by atoms with E-state index in [-0.39, 0.29) is 17.6 Å². The average Bonchev–Trinajstić information content (AvgIpc) is 3.06. The molecule has 0 saturated heterocycles. The number of anilines is 1. The van der Waals surface area contributed by atoms with Crippen LogP contribution in [-0.4, -0.2) is 40.4 Å². The highest BCUT2D eigenvalue weighted by Gasteiger charge is 2.60. The van der Waals surface area contributed by atoms with Crippen molar-refractivity contribution in [1.82, 2.24) is 4.98 Å². The van der Waals surface area contributed by atoms with Crippen molar-refractivity contribution in [3.8, 4) is 0 Å². The lowest BCUT2D eigenvalue weighted by atomic mass is 9.47. The molecule has 6 rings (SSSR count). The van der Waals surface area contributed by atoms with E-state index in [1.165, 1.54) is 30.2 Å². The highest BCUT2D eigenvalue weighted by molar-refractivity contribution is 8.01. The molecular weight excluding hydrogens is 408 g/mol. The van der Waals surface area contributed by atoms with E-state index in [4.69, 9.17) is 0 Å². The lowest BCUT2D eigenvalue weighted by Gasteiger charge is -2.59. The fourth-order valence-electron chi connectivity index (χ4n) is 5.97. The Hall–Kier alpha value is -1.64. The van der Waals surface area contributed by atoms with Gasteiger partial charge in [-0.2, -0.15) is 0 Å². The maximum absolute atomic E-state index is 13.3. The number of nitrogens with one attached hydrogen (secondary N) is 1. The number of thiazole rings is 1. The predicted octanol–water partition coefficient (Wildman–Crippen LogP) is 3.83. The molecule has 4 aliphatic carbocycles. The number of hydrogen-bond acceptors (Lipinski definition) is 7. The molecule has 154 valence electrons. The zero-order valence-electron chi connectivity index (χ0n) is 16.3. The molecule has 2 atom stereocenters. The largest absolute Gasteiger partial charge is 0.468 e. The highest BCUT2D eigenvalue weighted by atomic mass is 32.2. The van der Waals surface area contributed by atoms with Crippen molar-refractivity contribution >= 4 is 50.9 Å². The summed E-state index contributed by atoms with van der Waals surface area (Å²) in [5.41, 5.74) is 0.542. The van der Waals surface area contributed by atoms with Gasteiger partial charge >= 0.3 is 5.97 Å². The van der Waals surface area contributed by atoms with Gasteiger partial charge in [-0.3, -0.25) is 9.59 Å². The molecule has 4 saturated carbocycles. The van der Waals surface area contributed by atoms with Crippen LogP contribution in [0.1, 0.15) is 38.5 Å². The average molecular weight is 433 g/mol. The molecule has 29 heavy (non-hydrogen) atoms. The number of hydrogen-bond donors (Lipinski definition) is 2. The number of esters is 1. The summed E-state index contributed by atoms with van der Waals surface area (Å²) in [5, 5.41) is 14.0. The number of nitrogens with zero attached hydrogens (tertiary/aromatic N) is 1. The molecule has 2 aromatic rings. The number of methoxy groups -OCH3 is 1. The number of aliphatic hydroxyl groups is 1. The summed E-state index contributed by atoms with van der Waals surface area (Å²) >= 11 is 2.86. The van der Waals surface area contributed by atoms with Gasteiger partial charge in [0.25, 0.3) is 0 Å². The maximum Gasteiger partial charge on any atom is 0.316 e. The number of aromatic nitrogens is 1. The number of carbonyl (C=O) groups excluding carboxylic acids is 2. The summed E-state index contributed by atoms with van der Waals surface area (Å²) < 4.78 is 6.44. The van der Waals surface area contributed by atoms with E-state index in [9.17, 15) is 14.7 Å². The molecule has 0 radical (unpaired) electrons. The zero-order chi connectivity index (χ0) is 20.2. The third-order valence-corrected chi connectivity index (χ3v) is 8.81. The second-order valence-electron chi connectivity index (χ2n) is 8.95. The van der Waals surface area contributed by atoms with Crippen LogP contribution in [-0.2, 0) is 14.3 Å². The van der Waals surface area contributed by atoms with Crippen LogP contribution in [0.15, 0.2) is 22.5 Å². The fourth-order valence-corrected chi connectivity index (χ4v) is 7.91. The Bertz CT molecular complexity index is 974. The van der Waals surface area contributed by atoms with E-state index >= 15 is 0 Å². The minimum Gasteiger partial charge on any atom is -0.468 e. The SMILES string of the molecule is COC(=O)CSc1nc2ccc(NC(=O)C34CC5CC(CC(O)(C5)C3)C4)cc2s1. The Balaban J connectivity index is 1.32. The number of benzene rings is 1. The number of rotatable bonds is 5. The second-order valence-corrected chi connectivity index (χ2v) is 11.2. The lowest BCUT2D eigenvalue weighted by Crippen LogP contribution is -2.59. The Kier molecular flexibility index (Phi) is 4.64. The van der Waals surface area contributed by atoms with E-state index in [1.54, 1.807) is 0 Å². The highest BCUT2D eigenvalue weighted by Crippen LogP contribution is 2.61. The molecular formula is C21H24N2O4S2. The van der Waals surface area contributed by atoms with Crippen LogP contribution in [0.3, 0.4) is 0 Å². The van der Waals surface area contributed by atoms with Crippen molar-refractivity contribution in [1.29, 1.82) is 0 Å². The number of fused-ring (bicyclic) bond motifs is 1. The molecule has 0 aliphatic heterocycles. The predicted molar refractivity (Wildman–Crippen MR) is 113 cm³/mol. The molecule has 4 fully saturated rings. The Morgan fingerprint density at radius 2 is 2.07 bits per heavy atom. The van der Waals surface area contributed by atoms with Gasteiger partial charge in [0.1, 0.15) is 0 Å². The molecule has 2 unspecified atom stereocenters. The topological polar surface area (TPSA) is 88.5 Å². The molecule has 1 amide bonds. The van der Waals surface area contributed by atoms with E-state index in [0.717, 1.165) is 52.3 Å². The Labute approximate surface area is 177 Å². The normalized spacial score (nSPS) is 32.5. The van der Waals surface area contributed by atoms with Crippen LogP contribution in [0.2, 0.25) is 0 Å². The van der Waals surface area contributed by atoms with E-state index < -0.39 is 11.0 Å². The van der Waals surface area contributed by atoms with Gasteiger partial charge in [-0.15, -0.1) is 11.3 Å². The van der Waals surface area contributed by atoms with Gasteiger partial charge in [-0.05, 0) is 68.6 Å². The lowest BCUT2D eigenvalue weighted by molar-refractivity contribution is -0.174. The zero-order valence-corrected chi connectivity index (χ0v) is 17.9. The number of amides is 1. The minimum absolute atomic E-state index is 0.0502. The third kappa shape index (κ3) is 3.55. The van der Waals surface area contributed by atoms with Crippen molar-refractivity contribution in [3.63, 3.8) is 0 Å². The van der Waals surface area contributed by atoms with Crippen LogP contribution < -0.4 is 5.32 Å². The summed E-state index contributed by atoms with van der Waals surface area (Å²) in [6, 6.07) is 5.73. The Morgan fingerprint density at radius 3 is 2.76 bits per heavy atom. The van der Waals surface area contributed by atoms with E-state index in [0.29, 0.717) is 18.3 Å². The number of thioether (sulfide) groups is 1. The molecule has 6 nitrogen and oxygen atoms in total. The van der Waals surface area contributed by atoms with Crippen LogP contribution in [0.25, 0.3) is 10.2 Å². The van der Waals surface area contributed by atoms with Crippen LogP contribution in [0, 0.1) is 17.3 Å². The molecule has 8 heteroatoms. The minimum atomic E-state index is -0.644. The van der Waals surface area contributed by atoms with Crippen LogP contribution in [0.4, 0.5) is 5.69 Å². The van der Waals surface area contributed by atoms with Crippen molar-refractivity contribution in [2.75, 3.05) is 18.2 Å². The molecule has 1 aromatic carbocycles. The van der Waals surface area contributed by atoms with Crippen LogP contribution >= 0.6 is 23.1 Å². The summed E-state index contributed by atoms with van der Waals surface area (Å²) in [5.74, 6) is 0.956. The van der Waals surface area contributed by atoms with E-state index in [1.807, 2.05) is 18.2 Å². The number of carbonyl (C=O) groups is 2. The fraction of sp³-hybridized carbons (Fsp3) is 0.571. The van der Waals surface area contributed by atoms with Crippen LogP contribution in [0.5, 0.6) is 0 Å². The van der Waals surface area contributed by atoms with Crippen molar-refractivity contribution < 1.29 is 19.4 Å². The molecule has 0 spiro atoms. The summed E-state index contributed by atoms with van der Waals surface area (Å²) in [6.07, 6.45) is 5.27. The quantitative estimate of drug-likeness (QED) is 0.551. The van der Waals surface area contributed by atoms with Crippen molar-refractivity contribution in [3.05, 3.63) is 18.2 Å². The standard InChI is InChI=1S/C21H24N2O4S2/c1-27-17(24)10-28-19-23-15-3-2-14(5-16(15)29-19)22-18(25)20-6-12-4-13(7-20)9-21(26,8-12)11-20/h2-3,5,12-13,26H,4,6-11H2,1H3,(H,22,25). The van der Waals surface area contributed by atoms with Gasteiger partial charge in [-0.25, -0.2) is 4.98 Å². The number of ether oxygens (including phenoxy) is 1. The van der Waals surface area contributed by atoms with Gasteiger partial charge in [-0.1, -0.05) is 11.8 Å². The van der Waals surface area contributed by atoms with Gasteiger partial charge in [0.2, 0.25) is 5.91 Å². The summed E-state index contributed by atoms with van der Waals surface area (Å²) in [7, 11) is 1.37. The van der Waals surface area contributed by atoms with Gasteiger partial charge in [0, 0.05) is 5.69 Å². The molecule has 1 heterocycles. The molecule has 4 aliphatic rings. The third-order valence-electron chi connectivity index (χ3n) is 6.68. The molecule has 2 N–H and O–H groups in total. The summed E-state index contributed by atoms with van der Waals surface area (Å²) in [6.45, 7) is 0. The second kappa shape index (κ2) is 6.96. The molecule has 1 aromatic heterocycles. The van der Waals surface area contributed by atoms with Gasteiger partial charge in [0.15, 0.2) is 4.34 Å². The first kappa shape index (κ1) is 19.3. The van der Waals surface area contributed by atoms with Crippen molar-refractivity contribution in [2.45, 2.75) is 48.5 Å². The van der Waals surface area contributed by atoms with E-state index in [2.05, 4.69) is 15.0 Å². The van der Waals surface area contributed by atoms with Gasteiger partial charge in [0.05, 0.1) is 34.1 Å². The Morgan fingerprint density at radius 1 is 1.31 bits per heavy atom. The first-order chi connectivity index (χ1) is 13.9.